The molecule has 138 valence electrons. The molecule has 27 heavy (non-hydrogen) atoms. The van der Waals surface area contributed by atoms with Gasteiger partial charge in [0.2, 0.25) is 0 Å². The first kappa shape index (κ1) is 17.3. The summed E-state index contributed by atoms with van der Waals surface area (Å²) in [6.45, 7) is 5.75. The maximum absolute atomic E-state index is 12.5. The highest BCUT2D eigenvalue weighted by atomic mass is 16.1. The number of benzene rings is 2. The topological polar surface area (TPSA) is 61.0 Å². The van der Waals surface area contributed by atoms with E-state index >= 15 is 0 Å². The molecule has 5 heteroatoms. The lowest BCUT2D eigenvalue weighted by Gasteiger charge is -2.16. The Balaban J connectivity index is 1.39. The molecule has 2 N–H and O–H groups in total. The summed E-state index contributed by atoms with van der Waals surface area (Å²) in [5, 5.41) is 10.7. The number of rotatable bonds is 4. The van der Waals surface area contributed by atoms with Crippen molar-refractivity contribution < 1.29 is 4.79 Å². The molecule has 1 aliphatic heterocycles. The van der Waals surface area contributed by atoms with Crippen molar-refractivity contribution in [3.05, 3.63) is 71.3 Å². The van der Waals surface area contributed by atoms with E-state index in [0.29, 0.717) is 0 Å². The zero-order chi connectivity index (χ0) is 18.8. The van der Waals surface area contributed by atoms with Crippen molar-refractivity contribution in [2.45, 2.75) is 26.3 Å². The largest absolute Gasteiger partial charge is 0.353 e. The number of amides is 1. The van der Waals surface area contributed by atoms with Crippen molar-refractivity contribution in [2.75, 3.05) is 18.0 Å². The van der Waals surface area contributed by atoms with E-state index in [0.717, 1.165) is 47.7 Å². The lowest BCUT2D eigenvalue weighted by Crippen LogP contribution is -2.37. The molecule has 1 atom stereocenters. The van der Waals surface area contributed by atoms with Crippen molar-refractivity contribution in [1.29, 1.82) is 0 Å². The molecule has 2 heterocycles. The number of aromatic amines is 1. The Morgan fingerprint density at radius 2 is 1.93 bits per heavy atom. The van der Waals surface area contributed by atoms with Gasteiger partial charge in [0, 0.05) is 30.8 Å². The second kappa shape index (κ2) is 7.27. The molecule has 0 aliphatic carbocycles. The highest BCUT2D eigenvalue weighted by Crippen LogP contribution is 2.24. The predicted molar refractivity (Wildman–Crippen MR) is 108 cm³/mol. The van der Waals surface area contributed by atoms with Gasteiger partial charge in [0.15, 0.2) is 5.82 Å². The number of nitrogens with zero attached hydrogens (tertiary/aromatic N) is 2. The van der Waals surface area contributed by atoms with Crippen LogP contribution in [-0.2, 0) is 0 Å². The summed E-state index contributed by atoms with van der Waals surface area (Å²) in [6.07, 6.45) is 0.921. The maximum atomic E-state index is 12.5. The van der Waals surface area contributed by atoms with E-state index in [1.165, 1.54) is 5.56 Å². The van der Waals surface area contributed by atoms with Crippen molar-refractivity contribution in [1.82, 2.24) is 15.5 Å². The Hall–Kier alpha value is -3.08. The summed E-state index contributed by atoms with van der Waals surface area (Å²) in [5.74, 6) is 0.925. The van der Waals surface area contributed by atoms with Crippen LogP contribution in [0.25, 0.3) is 11.3 Å². The van der Waals surface area contributed by atoms with Crippen LogP contribution in [0.2, 0.25) is 0 Å². The Bertz CT molecular complexity index is 948. The molecule has 2 aromatic carbocycles. The maximum Gasteiger partial charge on any atom is 0.251 e. The fourth-order valence-corrected chi connectivity index (χ4v) is 3.48. The third-order valence-electron chi connectivity index (χ3n) is 5.27. The van der Waals surface area contributed by atoms with Gasteiger partial charge >= 0.3 is 0 Å². The second-order valence-electron chi connectivity index (χ2n) is 7.21. The number of carbonyl (C=O) groups is 1. The van der Waals surface area contributed by atoms with Gasteiger partial charge < -0.3 is 10.2 Å². The third-order valence-corrected chi connectivity index (χ3v) is 5.27. The molecule has 1 unspecified atom stereocenters. The van der Waals surface area contributed by atoms with Gasteiger partial charge in [-0.25, -0.2) is 0 Å². The van der Waals surface area contributed by atoms with E-state index in [1.54, 1.807) is 0 Å². The molecular formula is C22H24N4O. The number of hydrogen-bond donors (Lipinski definition) is 2. The van der Waals surface area contributed by atoms with E-state index in [-0.39, 0.29) is 11.9 Å². The quantitative estimate of drug-likeness (QED) is 0.746. The van der Waals surface area contributed by atoms with E-state index in [9.17, 15) is 4.79 Å². The highest BCUT2D eigenvalue weighted by molar-refractivity contribution is 5.94. The third kappa shape index (κ3) is 3.72. The normalized spacial score (nSPS) is 16.5. The van der Waals surface area contributed by atoms with Crippen LogP contribution < -0.4 is 10.2 Å². The number of carbonyl (C=O) groups excluding carboxylic acids is 1. The van der Waals surface area contributed by atoms with Crippen molar-refractivity contribution in [2.24, 2.45) is 0 Å². The van der Waals surface area contributed by atoms with Gasteiger partial charge in [-0.05, 0) is 49.1 Å². The van der Waals surface area contributed by atoms with Crippen LogP contribution in [0.1, 0.15) is 27.9 Å². The summed E-state index contributed by atoms with van der Waals surface area (Å²) < 4.78 is 0. The van der Waals surface area contributed by atoms with Crippen LogP contribution in [0.5, 0.6) is 0 Å². The molecule has 1 amide bonds. The van der Waals surface area contributed by atoms with Crippen molar-refractivity contribution in [3.8, 4) is 11.3 Å². The number of aryl methyl sites for hydroxylation is 2. The predicted octanol–water partition coefficient (Wildman–Crippen LogP) is 3.70. The molecule has 1 aliphatic rings. The summed E-state index contributed by atoms with van der Waals surface area (Å²) in [7, 11) is 0. The average Bonchev–Trinajstić information content (AvgIpc) is 3.34. The first-order valence-corrected chi connectivity index (χ1v) is 9.34. The summed E-state index contributed by atoms with van der Waals surface area (Å²) in [6, 6.07) is 18.2. The standard InChI is InChI=1S/C22H24N4O/c1-15-8-9-18(12-16(15)2)22(27)23-19-10-11-26(14-19)21-13-20(24-25-21)17-6-4-3-5-7-17/h3-9,12-13,19H,10-11,14H2,1-2H3,(H,23,27)(H,24,25). The number of hydrogen-bond acceptors (Lipinski definition) is 3. The molecule has 3 aromatic rings. The Morgan fingerprint density at radius 3 is 2.70 bits per heavy atom. The monoisotopic (exact) mass is 360 g/mol. The zero-order valence-corrected chi connectivity index (χ0v) is 15.7. The first-order valence-electron chi connectivity index (χ1n) is 9.34. The minimum atomic E-state index is -0.00282. The van der Waals surface area contributed by atoms with Gasteiger partial charge in [-0.1, -0.05) is 36.4 Å². The number of aromatic nitrogens is 2. The van der Waals surface area contributed by atoms with E-state index < -0.39 is 0 Å². The van der Waals surface area contributed by atoms with Crippen LogP contribution in [0.4, 0.5) is 5.82 Å². The fraction of sp³-hybridized carbons (Fsp3) is 0.273. The second-order valence-corrected chi connectivity index (χ2v) is 7.21. The molecular weight excluding hydrogens is 336 g/mol. The molecule has 5 nitrogen and oxygen atoms in total. The van der Waals surface area contributed by atoms with Crippen LogP contribution in [0.3, 0.4) is 0 Å². The summed E-state index contributed by atoms with van der Waals surface area (Å²) in [5.41, 5.74) is 5.19. The molecule has 0 saturated carbocycles. The lowest BCUT2D eigenvalue weighted by atomic mass is 10.1. The smallest absolute Gasteiger partial charge is 0.251 e. The van der Waals surface area contributed by atoms with Crippen LogP contribution in [0.15, 0.2) is 54.6 Å². The number of nitrogens with one attached hydrogen (secondary N) is 2. The Morgan fingerprint density at radius 1 is 1.11 bits per heavy atom. The molecule has 1 aromatic heterocycles. The molecule has 1 saturated heterocycles. The van der Waals surface area contributed by atoms with E-state index in [1.807, 2.05) is 43.3 Å². The first-order chi connectivity index (χ1) is 13.1. The summed E-state index contributed by atoms with van der Waals surface area (Å²) >= 11 is 0. The molecule has 1 fully saturated rings. The summed E-state index contributed by atoms with van der Waals surface area (Å²) in [4.78, 5) is 14.8. The van der Waals surface area contributed by atoms with Gasteiger partial charge in [0.1, 0.15) is 0 Å². The number of H-pyrrole nitrogens is 1. The van der Waals surface area contributed by atoms with E-state index in [4.69, 9.17) is 0 Å². The van der Waals surface area contributed by atoms with Gasteiger partial charge in [0.25, 0.3) is 5.91 Å². The van der Waals surface area contributed by atoms with Crippen molar-refractivity contribution >= 4 is 11.7 Å². The van der Waals surface area contributed by atoms with E-state index in [2.05, 4.69) is 45.5 Å². The van der Waals surface area contributed by atoms with Gasteiger partial charge in [-0.2, -0.15) is 5.10 Å². The fourth-order valence-electron chi connectivity index (χ4n) is 3.48. The number of anilines is 1. The van der Waals surface area contributed by atoms with Crippen LogP contribution >= 0.6 is 0 Å². The molecule has 0 spiro atoms. The minimum Gasteiger partial charge on any atom is -0.353 e. The molecule has 0 radical (unpaired) electrons. The van der Waals surface area contributed by atoms with Gasteiger partial charge in [-0.15, -0.1) is 0 Å². The SMILES string of the molecule is Cc1ccc(C(=O)NC2CCN(c3cc(-c4ccccc4)[nH]n3)C2)cc1C. The minimum absolute atomic E-state index is 0.00282. The molecule has 4 rings (SSSR count). The Kier molecular flexibility index (Phi) is 4.67. The van der Waals surface area contributed by atoms with Crippen LogP contribution in [-0.4, -0.2) is 35.2 Å². The van der Waals surface area contributed by atoms with Gasteiger partial charge in [-0.3, -0.25) is 9.89 Å². The van der Waals surface area contributed by atoms with Crippen molar-refractivity contribution in [3.63, 3.8) is 0 Å². The average molecular weight is 360 g/mol. The van der Waals surface area contributed by atoms with Gasteiger partial charge in [0.05, 0.1) is 5.69 Å². The lowest BCUT2D eigenvalue weighted by molar-refractivity contribution is 0.0940. The molecule has 0 bridgehead atoms. The Labute approximate surface area is 159 Å². The van der Waals surface area contributed by atoms with Crippen LogP contribution in [0, 0.1) is 13.8 Å². The highest BCUT2D eigenvalue weighted by Gasteiger charge is 2.26. The zero-order valence-electron chi connectivity index (χ0n) is 15.7.